The zero-order valence-corrected chi connectivity index (χ0v) is 19.5. The zero-order chi connectivity index (χ0) is 18.4. The number of rotatable bonds is 6. The van der Waals surface area contributed by atoms with Crippen LogP contribution in [-0.4, -0.2) is 33.4 Å². The molecule has 0 saturated carbocycles. The number of guanidine groups is 1. The van der Waals surface area contributed by atoms with Crippen molar-refractivity contribution < 1.29 is 0 Å². The van der Waals surface area contributed by atoms with E-state index in [9.17, 15) is 0 Å². The number of hydrogen-bond acceptors (Lipinski definition) is 3. The molecule has 144 valence electrons. The number of hydrogen-bond donors (Lipinski definition) is 2. The lowest BCUT2D eigenvalue weighted by atomic mass is 10.2. The van der Waals surface area contributed by atoms with Gasteiger partial charge in [-0.1, -0.05) is 17.7 Å². The van der Waals surface area contributed by atoms with Gasteiger partial charge >= 0.3 is 0 Å². The number of halogens is 3. The first-order chi connectivity index (χ1) is 12.6. The number of nitrogens with one attached hydrogen (secondary N) is 2. The van der Waals surface area contributed by atoms with E-state index in [1.165, 1.54) is 0 Å². The summed E-state index contributed by atoms with van der Waals surface area (Å²) in [7, 11) is 0. The Morgan fingerprint density at radius 3 is 2.81 bits per heavy atom. The molecule has 0 radical (unpaired) electrons. The minimum absolute atomic E-state index is 0. The maximum Gasteiger partial charge on any atom is 0.191 e. The SMILES string of the molecule is CCNC(=NCc1cn2cc(Br)ccc2n1)NCCc1ccc(Cl)nc1.I. The molecule has 3 aromatic rings. The van der Waals surface area contributed by atoms with E-state index in [4.69, 9.17) is 11.6 Å². The van der Waals surface area contributed by atoms with Gasteiger partial charge in [0.05, 0.1) is 12.2 Å². The standard InChI is InChI=1S/C18H20BrClN6.HI/c1-2-21-18(22-8-7-13-3-5-16(20)23-9-13)24-10-15-12-26-11-14(19)4-6-17(26)25-15;/h3-6,9,11-12H,2,7-8,10H2,1H3,(H2,21,22,24);1H. The van der Waals surface area contributed by atoms with Gasteiger partial charge in [-0.2, -0.15) is 0 Å². The Morgan fingerprint density at radius 1 is 1.22 bits per heavy atom. The summed E-state index contributed by atoms with van der Waals surface area (Å²) in [6.07, 6.45) is 6.62. The molecule has 0 fully saturated rings. The molecule has 3 rings (SSSR count). The monoisotopic (exact) mass is 562 g/mol. The van der Waals surface area contributed by atoms with Crippen molar-refractivity contribution in [2.24, 2.45) is 4.99 Å². The molecule has 0 bridgehead atoms. The fourth-order valence-corrected chi connectivity index (χ4v) is 2.94. The third-order valence-corrected chi connectivity index (χ3v) is 4.40. The molecule has 0 amide bonds. The van der Waals surface area contributed by atoms with Crippen molar-refractivity contribution in [2.45, 2.75) is 19.9 Å². The molecule has 0 aliphatic carbocycles. The molecule has 2 N–H and O–H groups in total. The second kappa shape index (κ2) is 10.8. The third kappa shape index (κ3) is 6.62. The van der Waals surface area contributed by atoms with Crippen molar-refractivity contribution in [3.8, 4) is 0 Å². The average molecular weight is 564 g/mol. The molecule has 6 nitrogen and oxygen atoms in total. The van der Waals surface area contributed by atoms with E-state index in [1.807, 2.05) is 41.9 Å². The van der Waals surface area contributed by atoms with Gasteiger partial charge in [-0.25, -0.2) is 15.0 Å². The highest BCUT2D eigenvalue weighted by Crippen LogP contribution is 2.13. The summed E-state index contributed by atoms with van der Waals surface area (Å²) >= 11 is 9.28. The lowest BCUT2D eigenvalue weighted by Crippen LogP contribution is -2.38. The highest BCUT2D eigenvalue weighted by atomic mass is 127. The molecule has 3 aromatic heterocycles. The summed E-state index contributed by atoms with van der Waals surface area (Å²) < 4.78 is 3.01. The van der Waals surface area contributed by atoms with Gasteiger partial charge in [0.15, 0.2) is 5.96 Å². The van der Waals surface area contributed by atoms with Gasteiger partial charge in [0.25, 0.3) is 0 Å². The first-order valence-electron chi connectivity index (χ1n) is 8.40. The van der Waals surface area contributed by atoms with E-state index >= 15 is 0 Å². The van der Waals surface area contributed by atoms with E-state index in [1.54, 1.807) is 12.3 Å². The topological polar surface area (TPSA) is 66.6 Å². The van der Waals surface area contributed by atoms with Crippen LogP contribution in [0.4, 0.5) is 0 Å². The Balaban J connectivity index is 0.00000261. The van der Waals surface area contributed by atoms with Gasteiger partial charge in [-0.3, -0.25) is 0 Å². The van der Waals surface area contributed by atoms with E-state index in [-0.39, 0.29) is 24.0 Å². The van der Waals surface area contributed by atoms with Crippen LogP contribution in [-0.2, 0) is 13.0 Å². The molecular weight excluding hydrogens is 543 g/mol. The van der Waals surface area contributed by atoms with Crippen molar-refractivity contribution in [3.05, 3.63) is 63.7 Å². The third-order valence-electron chi connectivity index (χ3n) is 3.70. The van der Waals surface area contributed by atoms with Crippen LogP contribution in [0.3, 0.4) is 0 Å². The van der Waals surface area contributed by atoms with Crippen LogP contribution >= 0.6 is 51.5 Å². The minimum atomic E-state index is 0. The molecule has 27 heavy (non-hydrogen) atoms. The largest absolute Gasteiger partial charge is 0.357 e. The quantitative estimate of drug-likeness (QED) is 0.206. The second-order valence-electron chi connectivity index (χ2n) is 5.71. The normalized spacial score (nSPS) is 11.3. The highest BCUT2D eigenvalue weighted by molar-refractivity contribution is 14.0. The lowest BCUT2D eigenvalue weighted by molar-refractivity contribution is 0.796. The summed E-state index contributed by atoms with van der Waals surface area (Å²) in [6.45, 7) is 4.11. The lowest BCUT2D eigenvalue weighted by Gasteiger charge is -2.10. The maximum atomic E-state index is 5.81. The first-order valence-corrected chi connectivity index (χ1v) is 9.57. The summed E-state index contributed by atoms with van der Waals surface area (Å²) in [4.78, 5) is 13.3. The number of fused-ring (bicyclic) bond motifs is 1. The molecule has 0 aliphatic heterocycles. The Bertz CT molecular complexity index is 897. The fraction of sp³-hybridized carbons (Fsp3) is 0.278. The molecule has 0 aliphatic rings. The summed E-state index contributed by atoms with van der Waals surface area (Å²) in [5.74, 6) is 0.771. The molecular formula is C18H21BrClIN6. The number of aromatic nitrogens is 3. The molecule has 0 aromatic carbocycles. The van der Waals surface area contributed by atoms with Crippen LogP contribution in [0.25, 0.3) is 5.65 Å². The van der Waals surface area contributed by atoms with E-state index in [0.29, 0.717) is 11.7 Å². The fourth-order valence-electron chi connectivity index (χ4n) is 2.47. The molecule has 0 saturated heterocycles. The molecule has 0 spiro atoms. The predicted molar refractivity (Wildman–Crippen MR) is 124 cm³/mol. The minimum Gasteiger partial charge on any atom is -0.357 e. The Kier molecular flexibility index (Phi) is 8.78. The van der Waals surface area contributed by atoms with Gasteiger partial charge in [-0.15, -0.1) is 24.0 Å². The Hall–Kier alpha value is -1.39. The van der Waals surface area contributed by atoms with Crippen molar-refractivity contribution in [2.75, 3.05) is 13.1 Å². The summed E-state index contributed by atoms with van der Waals surface area (Å²) in [5, 5.41) is 7.09. The number of pyridine rings is 2. The highest BCUT2D eigenvalue weighted by Gasteiger charge is 2.03. The zero-order valence-electron chi connectivity index (χ0n) is 14.8. The van der Waals surface area contributed by atoms with Crippen LogP contribution < -0.4 is 10.6 Å². The summed E-state index contributed by atoms with van der Waals surface area (Å²) in [5.41, 5.74) is 2.96. The molecule has 3 heterocycles. The maximum absolute atomic E-state index is 5.81. The smallest absolute Gasteiger partial charge is 0.191 e. The van der Waals surface area contributed by atoms with E-state index in [0.717, 1.165) is 46.8 Å². The average Bonchev–Trinajstić information content (AvgIpc) is 3.03. The first kappa shape index (κ1) is 21.9. The van der Waals surface area contributed by atoms with Crippen LogP contribution in [0.1, 0.15) is 18.2 Å². The van der Waals surface area contributed by atoms with Gasteiger partial charge in [0.1, 0.15) is 10.8 Å². The van der Waals surface area contributed by atoms with E-state index in [2.05, 4.69) is 41.5 Å². The van der Waals surface area contributed by atoms with Crippen LogP contribution in [0.15, 0.2) is 52.3 Å². The van der Waals surface area contributed by atoms with Crippen molar-refractivity contribution in [3.63, 3.8) is 0 Å². The van der Waals surface area contributed by atoms with Gasteiger partial charge in [0.2, 0.25) is 0 Å². The van der Waals surface area contributed by atoms with Crippen LogP contribution in [0.2, 0.25) is 5.15 Å². The van der Waals surface area contributed by atoms with E-state index < -0.39 is 0 Å². The van der Waals surface area contributed by atoms with Gasteiger partial charge in [0, 0.05) is 36.2 Å². The van der Waals surface area contributed by atoms with Crippen molar-refractivity contribution in [1.29, 1.82) is 0 Å². The Labute approximate surface area is 189 Å². The van der Waals surface area contributed by atoms with Crippen LogP contribution in [0, 0.1) is 0 Å². The van der Waals surface area contributed by atoms with Gasteiger partial charge in [-0.05, 0) is 53.0 Å². The predicted octanol–water partition coefficient (Wildman–Crippen LogP) is 4.06. The van der Waals surface area contributed by atoms with Crippen molar-refractivity contribution >= 4 is 63.1 Å². The van der Waals surface area contributed by atoms with Crippen molar-refractivity contribution in [1.82, 2.24) is 25.0 Å². The Morgan fingerprint density at radius 2 is 2.07 bits per heavy atom. The number of imidazole rings is 1. The molecule has 9 heteroatoms. The number of nitrogens with zero attached hydrogens (tertiary/aromatic N) is 4. The van der Waals surface area contributed by atoms with Crippen LogP contribution in [0.5, 0.6) is 0 Å². The number of aliphatic imine (C=N–C) groups is 1. The summed E-state index contributed by atoms with van der Waals surface area (Å²) in [6, 6.07) is 7.74. The second-order valence-corrected chi connectivity index (χ2v) is 7.01. The van der Waals surface area contributed by atoms with Gasteiger partial charge < -0.3 is 15.0 Å². The molecule has 0 unspecified atom stereocenters. The molecule has 0 atom stereocenters.